The molecule has 5 aromatic rings. The zero-order valence-electron chi connectivity index (χ0n) is 16.1. The monoisotopic (exact) mass is 513 g/mol. The van der Waals surface area contributed by atoms with Gasteiger partial charge in [0.2, 0.25) is 5.88 Å². The van der Waals surface area contributed by atoms with E-state index in [-0.39, 0.29) is 0 Å². The number of anilines is 2. The fraction of sp³-hybridized carbons (Fsp3) is 0.0455. The Labute approximate surface area is 195 Å². The molecule has 0 radical (unpaired) electrons. The van der Waals surface area contributed by atoms with Crippen molar-refractivity contribution in [1.29, 1.82) is 0 Å². The first-order valence-electron chi connectivity index (χ1n) is 9.23. The molecule has 9 heteroatoms. The summed E-state index contributed by atoms with van der Waals surface area (Å²) in [6, 6.07) is 13.3. The lowest BCUT2D eigenvalue weighted by Gasteiger charge is -2.16. The second kappa shape index (κ2) is 8.00. The first-order chi connectivity index (χ1) is 15.0. The number of nitrogens with zero attached hydrogens (tertiary/aromatic N) is 3. The SMILES string of the molecule is COc1nccc2c(Nc3c(Cl)cc(-c4ccn[nH]4)cc3Cl)nc3ccc(Br)cc3c12. The molecule has 154 valence electrons. The number of ether oxygens (including phenoxy) is 1. The summed E-state index contributed by atoms with van der Waals surface area (Å²) in [5.41, 5.74) is 3.01. The van der Waals surface area contributed by atoms with E-state index in [9.17, 15) is 0 Å². The Kier molecular flexibility index (Phi) is 5.17. The molecule has 0 spiro atoms. The van der Waals surface area contributed by atoms with Gasteiger partial charge in [-0.1, -0.05) is 39.1 Å². The Morgan fingerprint density at radius 2 is 1.81 bits per heavy atom. The molecule has 0 fully saturated rings. The molecule has 0 aliphatic heterocycles. The fourth-order valence-electron chi connectivity index (χ4n) is 3.52. The number of aromatic nitrogens is 4. The van der Waals surface area contributed by atoms with Gasteiger partial charge >= 0.3 is 0 Å². The van der Waals surface area contributed by atoms with Crippen LogP contribution in [0.1, 0.15) is 0 Å². The van der Waals surface area contributed by atoms with Gasteiger partial charge in [-0.05, 0) is 42.5 Å². The molecule has 0 unspecified atom stereocenters. The highest BCUT2D eigenvalue weighted by Crippen LogP contribution is 2.40. The number of pyridine rings is 2. The standard InChI is InChI=1S/C22H14BrCl2N5O/c1-31-22-19-13(4-6-26-22)21(28-18-3-2-12(23)10-14(18)19)29-20-15(24)8-11(9-16(20)25)17-5-7-27-30-17/h2-10H,1H3,(H,27,30)(H,28,29). The summed E-state index contributed by atoms with van der Waals surface area (Å²) in [6.07, 6.45) is 3.36. The molecule has 6 nitrogen and oxygen atoms in total. The molecule has 0 aliphatic rings. The fourth-order valence-corrected chi connectivity index (χ4v) is 4.46. The minimum Gasteiger partial charge on any atom is -0.481 e. The molecule has 31 heavy (non-hydrogen) atoms. The van der Waals surface area contributed by atoms with E-state index in [4.69, 9.17) is 32.9 Å². The Morgan fingerprint density at radius 3 is 2.52 bits per heavy atom. The van der Waals surface area contributed by atoms with Gasteiger partial charge in [0.25, 0.3) is 0 Å². The molecule has 0 atom stereocenters. The van der Waals surface area contributed by atoms with E-state index >= 15 is 0 Å². The Balaban J connectivity index is 1.70. The van der Waals surface area contributed by atoms with Gasteiger partial charge in [0.1, 0.15) is 5.82 Å². The molecule has 2 aromatic carbocycles. The van der Waals surface area contributed by atoms with E-state index in [1.165, 1.54) is 0 Å². The molecule has 5 rings (SSSR count). The Morgan fingerprint density at radius 1 is 1.00 bits per heavy atom. The van der Waals surface area contributed by atoms with Crippen LogP contribution in [0.15, 0.2) is 59.3 Å². The van der Waals surface area contributed by atoms with Crippen LogP contribution in [-0.4, -0.2) is 27.3 Å². The maximum absolute atomic E-state index is 6.60. The molecule has 0 saturated heterocycles. The number of rotatable bonds is 4. The third kappa shape index (κ3) is 3.59. The van der Waals surface area contributed by atoms with E-state index in [1.54, 1.807) is 19.5 Å². The van der Waals surface area contributed by atoms with Gasteiger partial charge in [0.15, 0.2) is 0 Å². The van der Waals surface area contributed by atoms with Crippen LogP contribution < -0.4 is 10.1 Å². The average molecular weight is 515 g/mol. The summed E-state index contributed by atoms with van der Waals surface area (Å²) < 4.78 is 6.48. The molecular weight excluding hydrogens is 501 g/mol. The molecule has 3 heterocycles. The lowest BCUT2D eigenvalue weighted by Crippen LogP contribution is -2.00. The van der Waals surface area contributed by atoms with Crippen LogP contribution in [0.2, 0.25) is 10.0 Å². The zero-order valence-corrected chi connectivity index (χ0v) is 19.2. The van der Waals surface area contributed by atoms with Crippen molar-refractivity contribution in [3.8, 4) is 17.1 Å². The van der Waals surface area contributed by atoms with Crippen LogP contribution in [-0.2, 0) is 0 Å². The highest BCUT2D eigenvalue weighted by Gasteiger charge is 2.17. The number of nitrogens with one attached hydrogen (secondary N) is 2. The number of fused-ring (bicyclic) bond motifs is 3. The van der Waals surface area contributed by atoms with Gasteiger partial charge in [-0.2, -0.15) is 5.10 Å². The van der Waals surface area contributed by atoms with E-state index in [2.05, 4.69) is 36.4 Å². The number of aromatic amines is 1. The second-order valence-electron chi connectivity index (χ2n) is 6.77. The molecule has 0 saturated carbocycles. The van der Waals surface area contributed by atoms with Crippen molar-refractivity contribution in [3.05, 3.63) is 69.4 Å². The number of H-pyrrole nitrogens is 1. The van der Waals surface area contributed by atoms with Gasteiger partial charge in [0, 0.05) is 33.2 Å². The molecular formula is C22H14BrCl2N5O. The summed E-state index contributed by atoms with van der Waals surface area (Å²) >= 11 is 16.7. The van der Waals surface area contributed by atoms with Crippen molar-refractivity contribution in [2.75, 3.05) is 12.4 Å². The number of hydrogen-bond donors (Lipinski definition) is 2. The zero-order chi connectivity index (χ0) is 21.5. The van der Waals surface area contributed by atoms with Crippen LogP contribution in [0, 0.1) is 0 Å². The molecule has 0 amide bonds. The van der Waals surface area contributed by atoms with Crippen molar-refractivity contribution in [1.82, 2.24) is 20.2 Å². The van der Waals surface area contributed by atoms with Gasteiger partial charge < -0.3 is 10.1 Å². The van der Waals surface area contributed by atoms with Crippen molar-refractivity contribution < 1.29 is 4.74 Å². The van der Waals surface area contributed by atoms with Crippen LogP contribution in [0.25, 0.3) is 32.9 Å². The van der Waals surface area contributed by atoms with Gasteiger partial charge in [-0.25, -0.2) is 9.97 Å². The van der Waals surface area contributed by atoms with Crippen molar-refractivity contribution >= 4 is 72.3 Å². The highest BCUT2D eigenvalue weighted by atomic mass is 79.9. The molecule has 3 aromatic heterocycles. The lowest BCUT2D eigenvalue weighted by atomic mass is 10.1. The van der Waals surface area contributed by atoms with Crippen LogP contribution in [0.4, 0.5) is 11.5 Å². The molecule has 0 bridgehead atoms. The first kappa shape index (κ1) is 20.1. The van der Waals surface area contributed by atoms with E-state index in [0.29, 0.717) is 27.4 Å². The quantitative estimate of drug-likeness (QED) is 0.252. The lowest BCUT2D eigenvalue weighted by molar-refractivity contribution is 0.403. The summed E-state index contributed by atoms with van der Waals surface area (Å²) in [7, 11) is 1.60. The average Bonchev–Trinajstić information content (AvgIpc) is 3.31. The normalized spacial score (nSPS) is 11.2. The predicted octanol–water partition coefficient (Wildman–Crippen LogP) is 6.99. The maximum Gasteiger partial charge on any atom is 0.221 e. The maximum atomic E-state index is 6.60. The third-order valence-electron chi connectivity index (χ3n) is 4.92. The minimum absolute atomic E-state index is 0.462. The summed E-state index contributed by atoms with van der Waals surface area (Å²) in [4.78, 5) is 9.19. The summed E-state index contributed by atoms with van der Waals surface area (Å²) in [5.74, 6) is 1.11. The Bertz CT molecular complexity index is 1420. The number of halogens is 3. The van der Waals surface area contributed by atoms with Crippen LogP contribution >= 0.6 is 39.1 Å². The van der Waals surface area contributed by atoms with E-state index < -0.39 is 0 Å². The second-order valence-corrected chi connectivity index (χ2v) is 8.50. The molecule has 2 N–H and O–H groups in total. The minimum atomic E-state index is 0.462. The van der Waals surface area contributed by atoms with Crippen molar-refractivity contribution in [3.63, 3.8) is 0 Å². The van der Waals surface area contributed by atoms with Crippen LogP contribution in [0.3, 0.4) is 0 Å². The van der Waals surface area contributed by atoms with Gasteiger partial charge in [-0.15, -0.1) is 0 Å². The Hall–Kier alpha value is -2.87. The first-order valence-corrected chi connectivity index (χ1v) is 10.8. The van der Waals surface area contributed by atoms with Crippen molar-refractivity contribution in [2.45, 2.75) is 0 Å². The van der Waals surface area contributed by atoms with Crippen molar-refractivity contribution in [2.24, 2.45) is 0 Å². The predicted molar refractivity (Wildman–Crippen MR) is 129 cm³/mol. The molecule has 0 aliphatic carbocycles. The smallest absolute Gasteiger partial charge is 0.221 e. The van der Waals surface area contributed by atoms with Crippen LogP contribution in [0.5, 0.6) is 5.88 Å². The van der Waals surface area contributed by atoms with Gasteiger partial charge in [0.05, 0.1) is 39.4 Å². The highest BCUT2D eigenvalue weighted by molar-refractivity contribution is 9.10. The topological polar surface area (TPSA) is 75.7 Å². The summed E-state index contributed by atoms with van der Waals surface area (Å²) in [5, 5.41) is 13.7. The number of benzene rings is 2. The van der Waals surface area contributed by atoms with E-state index in [0.717, 1.165) is 37.4 Å². The largest absolute Gasteiger partial charge is 0.481 e. The number of hydrogen-bond acceptors (Lipinski definition) is 5. The third-order valence-corrected chi connectivity index (χ3v) is 6.01. The number of methoxy groups -OCH3 is 1. The van der Waals surface area contributed by atoms with E-state index in [1.807, 2.05) is 42.5 Å². The van der Waals surface area contributed by atoms with Gasteiger partial charge in [-0.3, -0.25) is 5.10 Å². The summed E-state index contributed by atoms with van der Waals surface area (Å²) in [6.45, 7) is 0.